The van der Waals surface area contributed by atoms with Crippen LogP contribution in [-0.2, 0) is 12.8 Å². The van der Waals surface area contributed by atoms with E-state index in [0.717, 1.165) is 23.3 Å². The molecule has 0 unspecified atom stereocenters. The van der Waals surface area contributed by atoms with Crippen LogP contribution in [0.25, 0.3) is 17.0 Å². The zero-order valence-electron chi connectivity index (χ0n) is 17.3. The highest BCUT2D eigenvalue weighted by Crippen LogP contribution is 2.30. The van der Waals surface area contributed by atoms with Crippen LogP contribution in [0, 0.1) is 11.6 Å². The van der Waals surface area contributed by atoms with Gasteiger partial charge in [0, 0.05) is 23.0 Å². The molecule has 33 heavy (non-hydrogen) atoms. The van der Waals surface area contributed by atoms with Crippen LogP contribution in [0.15, 0.2) is 60.6 Å². The minimum Gasteiger partial charge on any atom is -0.399 e. The Morgan fingerprint density at radius 2 is 1.48 bits per heavy atom. The molecule has 1 heterocycles. The van der Waals surface area contributed by atoms with Gasteiger partial charge in [-0.1, -0.05) is 37.3 Å². The Balaban J connectivity index is 1.67. The Bertz CT molecular complexity index is 1110. The Hall–Kier alpha value is -3.36. The maximum Gasteiger partial charge on any atom is 0.573 e. The number of pyridine rings is 1. The molecular weight excluding hydrogens is 451 g/mol. The van der Waals surface area contributed by atoms with Gasteiger partial charge in [-0.25, -0.2) is 17.6 Å². The molecule has 0 bridgehead atoms. The van der Waals surface area contributed by atoms with E-state index in [-0.39, 0.29) is 30.4 Å². The molecule has 9 heteroatoms. The van der Waals surface area contributed by atoms with Crippen LogP contribution in [-0.4, -0.2) is 11.3 Å². The Morgan fingerprint density at radius 3 is 2.00 bits per heavy atom. The molecule has 0 radical (unpaired) electrons. The topological polar surface area (TPSA) is 22.1 Å². The normalized spacial score (nSPS) is 12.5. The van der Waals surface area contributed by atoms with E-state index in [4.69, 9.17) is 0 Å². The first kappa shape index (κ1) is 24.3. The number of ether oxygens (including phenoxy) is 1. The van der Waals surface area contributed by atoms with E-state index < -0.39 is 35.4 Å². The fourth-order valence-corrected chi connectivity index (χ4v) is 3.11. The van der Waals surface area contributed by atoms with Crippen LogP contribution in [0.4, 0.5) is 30.7 Å². The first-order valence-corrected chi connectivity index (χ1v) is 9.91. The summed E-state index contributed by atoms with van der Waals surface area (Å²) < 4.78 is 95.0. The van der Waals surface area contributed by atoms with Crippen LogP contribution < -0.4 is 4.74 Å². The lowest BCUT2D eigenvalue weighted by Gasteiger charge is -2.12. The number of halogens is 7. The summed E-state index contributed by atoms with van der Waals surface area (Å²) in [5, 5.41) is 0. The van der Waals surface area contributed by atoms with Gasteiger partial charge in [0.15, 0.2) is 17.5 Å². The quantitative estimate of drug-likeness (QED) is 0.331. The van der Waals surface area contributed by atoms with Gasteiger partial charge in [0.25, 0.3) is 0 Å². The Labute approximate surface area is 185 Å². The fraction of sp³-hybridized carbons (Fsp3) is 0.208. The number of allylic oxidation sites excluding steroid dienone is 1. The molecule has 0 atom stereocenters. The minimum atomic E-state index is -5.20. The van der Waals surface area contributed by atoms with E-state index in [1.165, 1.54) is 19.1 Å². The molecule has 0 amide bonds. The number of aryl methyl sites for hydroxylation is 2. The summed E-state index contributed by atoms with van der Waals surface area (Å²) in [7, 11) is 0. The molecule has 2 aromatic carbocycles. The molecule has 0 N–H and O–H groups in total. The largest absolute Gasteiger partial charge is 0.573 e. The van der Waals surface area contributed by atoms with Crippen molar-refractivity contribution < 1.29 is 35.5 Å². The average molecular weight is 469 g/mol. The van der Waals surface area contributed by atoms with Crippen LogP contribution in [0.5, 0.6) is 5.75 Å². The van der Waals surface area contributed by atoms with E-state index in [2.05, 4.69) is 9.72 Å². The number of alkyl halides is 3. The molecule has 174 valence electrons. The highest BCUT2D eigenvalue weighted by molar-refractivity contribution is 5.68. The zero-order valence-corrected chi connectivity index (χ0v) is 17.3. The third-order valence-electron chi connectivity index (χ3n) is 4.79. The number of aromatic nitrogens is 1. The molecule has 0 aliphatic rings. The molecule has 0 saturated carbocycles. The summed E-state index contributed by atoms with van der Waals surface area (Å²) in [4.78, 5) is 4.28. The second-order valence-electron chi connectivity index (χ2n) is 7.12. The highest BCUT2D eigenvalue weighted by atomic mass is 19.4. The van der Waals surface area contributed by atoms with Crippen molar-refractivity contribution in [3.05, 3.63) is 89.0 Å². The summed E-state index contributed by atoms with van der Waals surface area (Å²) in [6.45, 7) is 1.51. The van der Waals surface area contributed by atoms with Crippen molar-refractivity contribution in [3.63, 3.8) is 0 Å². The van der Waals surface area contributed by atoms with Gasteiger partial charge in [0.2, 0.25) is 5.75 Å². The highest BCUT2D eigenvalue weighted by Gasteiger charge is 2.34. The van der Waals surface area contributed by atoms with Crippen molar-refractivity contribution >= 4 is 5.83 Å². The smallest absolute Gasteiger partial charge is 0.399 e. The Kier molecular flexibility index (Phi) is 7.40. The number of hydrogen-bond acceptors (Lipinski definition) is 2. The average Bonchev–Trinajstić information content (AvgIpc) is 2.79. The third-order valence-corrected chi connectivity index (χ3v) is 4.79. The summed E-state index contributed by atoms with van der Waals surface area (Å²) in [6, 6.07) is 11.2. The van der Waals surface area contributed by atoms with Crippen molar-refractivity contribution in [3.8, 4) is 16.9 Å². The van der Waals surface area contributed by atoms with Crippen molar-refractivity contribution in [2.24, 2.45) is 0 Å². The van der Waals surface area contributed by atoms with Crippen LogP contribution in [0.3, 0.4) is 0 Å². The standard InChI is InChI=1S/C24H18F7NO/c1-2-19(25)22(28)16-6-4-15(5-7-16)17-8-10-18(32-13-17)9-3-14-11-20(26)23(21(27)12-14)33-24(29,30)31/h4-8,10-13H,2-3,9H2,1H3/b22-19+. The predicted octanol–water partition coefficient (Wildman–Crippen LogP) is 7.73. The Morgan fingerprint density at radius 1 is 0.879 bits per heavy atom. The molecule has 2 nitrogen and oxygen atoms in total. The lowest BCUT2D eigenvalue weighted by atomic mass is 10.0. The monoisotopic (exact) mass is 469 g/mol. The van der Waals surface area contributed by atoms with E-state index in [1.807, 2.05) is 0 Å². The van der Waals surface area contributed by atoms with Gasteiger partial charge < -0.3 is 4.74 Å². The molecule has 3 rings (SSSR count). The van der Waals surface area contributed by atoms with Crippen LogP contribution in [0.2, 0.25) is 0 Å². The minimum absolute atomic E-state index is 0.0380. The summed E-state index contributed by atoms with van der Waals surface area (Å²) in [5.74, 6) is -6.11. The fourth-order valence-electron chi connectivity index (χ4n) is 3.11. The predicted molar refractivity (Wildman–Crippen MR) is 110 cm³/mol. The molecule has 1 aromatic heterocycles. The van der Waals surface area contributed by atoms with Gasteiger partial charge in [-0.3, -0.25) is 4.98 Å². The number of hydrogen-bond donors (Lipinski definition) is 0. The summed E-state index contributed by atoms with van der Waals surface area (Å²) in [6.07, 6.45) is -3.26. The second-order valence-corrected chi connectivity index (χ2v) is 7.12. The number of nitrogens with zero attached hydrogens (tertiary/aromatic N) is 1. The molecule has 3 aromatic rings. The molecule has 0 aliphatic heterocycles. The van der Waals surface area contributed by atoms with Crippen molar-refractivity contribution in [1.29, 1.82) is 0 Å². The van der Waals surface area contributed by atoms with Gasteiger partial charge >= 0.3 is 6.36 Å². The van der Waals surface area contributed by atoms with E-state index in [1.54, 1.807) is 30.5 Å². The van der Waals surface area contributed by atoms with Gasteiger partial charge in [0.1, 0.15) is 5.83 Å². The van der Waals surface area contributed by atoms with E-state index >= 15 is 0 Å². The lowest BCUT2D eigenvalue weighted by Crippen LogP contribution is -2.19. The summed E-state index contributed by atoms with van der Waals surface area (Å²) in [5.41, 5.74) is 2.32. The van der Waals surface area contributed by atoms with Crippen molar-refractivity contribution in [2.75, 3.05) is 0 Å². The lowest BCUT2D eigenvalue weighted by molar-refractivity contribution is -0.276. The maximum absolute atomic E-state index is 13.9. The van der Waals surface area contributed by atoms with Gasteiger partial charge in [0.05, 0.1) is 0 Å². The maximum atomic E-state index is 13.9. The number of benzene rings is 2. The second kappa shape index (κ2) is 10.1. The molecular formula is C24H18F7NO. The van der Waals surface area contributed by atoms with Crippen LogP contribution >= 0.6 is 0 Å². The summed E-state index contributed by atoms with van der Waals surface area (Å²) >= 11 is 0. The van der Waals surface area contributed by atoms with Gasteiger partial charge in [-0.05, 0) is 48.6 Å². The third kappa shape index (κ3) is 6.34. The first-order valence-electron chi connectivity index (χ1n) is 9.91. The zero-order chi connectivity index (χ0) is 24.2. The van der Waals surface area contributed by atoms with Crippen molar-refractivity contribution in [2.45, 2.75) is 32.5 Å². The number of rotatable bonds is 7. The van der Waals surface area contributed by atoms with Gasteiger partial charge in [-0.15, -0.1) is 13.2 Å². The van der Waals surface area contributed by atoms with Crippen molar-refractivity contribution in [1.82, 2.24) is 4.98 Å². The van der Waals surface area contributed by atoms with Gasteiger partial charge in [-0.2, -0.15) is 0 Å². The van der Waals surface area contributed by atoms with E-state index in [0.29, 0.717) is 5.69 Å². The van der Waals surface area contributed by atoms with Crippen LogP contribution in [0.1, 0.15) is 30.2 Å². The molecule has 0 spiro atoms. The SMILES string of the molecule is CC/C(F)=C(\F)c1ccc(-c2ccc(CCc3cc(F)c(OC(F)(F)F)c(F)c3)nc2)cc1. The molecule has 0 saturated heterocycles. The molecule has 0 fully saturated rings. The first-order chi connectivity index (χ1) is 15.6. The van der Waals surface area contributed by atoms with E-state index in [9.17, 15) is 30.7 Å². The molecule has 0 aliphatic carbocycles.